The number of aliphatic hydroxyl groups excluding tert-OH is 2. The molecule has 0 aliphatic carbocycles. The number of carbonyl (C=O) groups excluding carboxylic acids is 2. The monoisotopic (exact) mass is 577 g/mol. The van der Waals surface area contributed by atoms with Crippen molar-refractivity contribution in [3.63, 3.8) is 0 Å². The summed E-state index contributed by atoms with van der Waals surface area (Å²) in [5.41, 5.74) is 11.9. The molecule has 216 valence electrons. The molecule has 1 amide bonds. The molecule has 1 unspecified atom stereocenters. The highest BCUT2D eigenvalue weighted by Crippen LogP contribution is 2.45. The van der Waals surface area contributed by atoms with Crippen molar-refractivity contribution in [2.45, 2.75) is 57.2 Å². The number of esters is 1. The minimum Gasteiger partial charge on any atom is -0.462 e. The van der Waals surface area contributed by atoms with E-state index in [0.717, 1.165) is 0 Å². The number of aliphatic hydroxyl groups is 2. The topological polar surface area (TPSA) is 226 Å². The van der Waals surface area contributed by atoms with Gasteiger partial charge in [0.15, 0.2) is 5.82 Å². The second-order valence-electron chi connectivity index (χ2n) is 9.52. The van der Waals surface area contributed by atoms with E-state index in [0.29, 0.717) is 0 Å². The molecule has 1 aliphatic rings. The number of carbonyl (C=O) groups is 2. The lowest BCUT2D eigenvalue weighted by Gasteiger charge is -2.25. The van der Waals surface area contributed by atoms with Crippen LogP contribution in [0.25, 0.3) is 5.52 Å². The molecule has 6 atom stereocenters. The highest BCUT2D eigenvalue weighted by atomic mass is 31.2. The van der Waals surface area contributed by atoms with Gasteiger partial charge in [0.1, 0.15) is 29.7 Å². The Morgan fingerprint density at radius 3 is 2.55 bits per heavy atom. The molecule has 1 fully saturated rings. The van der Waals surface area contributed by atoms with Crippen LogP contribution in [0.1, 0.15) is 42.9 Å². The summed E-state index contributed by atoms with van der Waals surface area (Å²) in [6.07, 6.45) is -2.03. The number of aromatic nitrogens is 3. The van der Waals surface area contributed by atoms with Gasteiger partial charge in [-0.15, -0.1) is 0 Å². The fourth-order valence-corrected chi connectivity index (χ4v) is 5.80. The fraction of sp³-hybridized carbons (Fsp3) is 0.417. The van der Waals surface area contributed by atoms with E-state index < -0.39 is 62.7 Å². The Kier molecular flexibility index (Phi) is 8.73. The number of nitrogens with zero attached hydrogens (tertiary/aromatic N) is 3. The summed E-state index contributed by atoms with van der Waals surface area (Å²) in [6, 6.07) is 6.58. The van der Waals surface area contributed by atoms with Crippen LogP contribution in [0.2, 0.25) is 0 Å². The summed E-state index contributed by atoms with van der Waals surface area (Å²) < 4.78 is 31.5. The number of fused-ring (bicyclic) bond motifs is 1. The quantitative estimate of drug-likeness (QED) is 0.133. The maximum atomic E-state index is 13.7. The molecule has 16 heteroatoms. The highest BCUT2D eigenvalue weighted by Gasteiger charge is 2.45. The van der Waals surface area contributed by atoms with Gasteiger partial charge in [0.25, 0.3) is 5.91 Å². The highest BCUT2D eigenvalue weighted by molar-refractivity contribution is 7.52. The Morgan fingerprint density at radius 2 is 1.90 bits per heavy atom. The molecule has 4 rings (SSSR count). The van der Waals surface area contributed by atoms with Crippen molar-refractivity contribution >= 4 is 31.0 Å². The number of benzene rings is 1. The van der Waals surface area contributed by atoms with Crippen LogP contribution >= 0.6 is 7.75 Å². The normalized spacial score (nSPS) is 23.1. The summed E-state index contributed by atoms with van der Waals surface area (Å²) in [4.78, 5) is 28.3. The van der Waals surface area contributed by atoms with Crippen molar-refractivity contribution in [3.05, 3.63) is 54.0 Å². The van der Waals surface area contributed by atoms with Gasteiger partial charge in [-0.1, -0.05) is 18.2 Å². The lowest BCUT2D eigenvalue weighted by atomic mass is 10.1. The number of para-hydroxylation sites is 1. The van der Waals surface area contributed by atoms with Crippen molar-refractivity contribution < 1.29 is 38.2 Å². The lowest BCUT2D eigenvalue weighted by molar-refractivity contribution is -0.149. The zero-order chi connectivity index (χ0) is 29.2. The van der Waals surface area contributed by atoms with Gasteiger partial charge in [0, 0.05) is 0 Å². The van der Waals surface area contributed by atoms with Crippen molar-refractivity contribution in [1.82, 2.24) is 25.0 Å². The SMILES string of the molecule is CC(C)OC(=O)[C@H](C)NP(=O)(OC[C@H]1N[C@@H](c2cc(C(N)=O)c3c(N)ncnn23)[C@H](O)[C@@H]1O)Oc1ccccc1. The predicted molar refractivity (Wildman–Crippen MR) is 142 cm³/mol. The van der Waals surface area contributed by atoms with Gasteiger partial charge in [-0.3, -0.25) is 19.4 Å². The first-order valence-electron chi connectivity index (χ1n) is 12.4. The molecule has 40 heavy (non-hydrogen) atoms. The molecule has 0 radical (unpaired) electrons. The minimum absolute atomic E-state index is 0.00171. The van der Waals surface area contributed by atoms with E-state index >= 15 is 0 Å². The number of nitrogen functional groups attached to an aromatic ring is 1. The van der Waals surface area contributed by atoms with Crippen LogP contribution in [-0.2, 0) is 18.6 Å². The summed E-state index contributed by atoms with van der Waals surface area (Å²) in [7, 11) is -4.23. The van der Waals surface area contributed by atoms with Gasteiger partial charge in [-0.2, -0.15) is 10.2 Å². The van der Waals surface area contributed by atoms with Crippen LogP contribution in [0, 0.1) is 0 Å². The average Bonchev–Trinajstić information content (AvgIpc) is 3.41. The maximum Gasteiger partial charge on any atom is 0.459 e. The van der Waals surface area contributed by atoms with E-state index in [1.807, 2.05) is 0 Å². The van der Waals surface area contributed by atoms with Gasteiger partial charge in [0.2, 0.25) is 0 Å². The van der Waals surface area contributed by atoms with E-state index in [4.69, 9.17) is 25.3 Å². The number of rotatable bonds is 11. The third-order valence-electron chi connectivity index (χ3n) is 6.14. The number of primary amides is 1. The molecule has 0 saturated carbocycles. The smallest absolute Gasteiger partial charge is 0.459 e. The second-order valence-corrected chi connectivity index (χ2v) is 11.2. The molecule has 3 heterocycles. The second kappa shape index (κ2) is 11.9. The fourth-order valence-electron chi connectivity index (χ4n) is 4.28. The van der Waals surface area contributed by atoms with Gasteiger partial charge in [-0.05, 0) is 39.0 Å². The van der Waals surface area contributed by atoms with Crippen LogP contribution in [0.15, 0.2) is 42.7 Å². The van der Waals surface area contributed by atoms with E-state index in [2.05, 4.69) is 20.5 Å². The first-order valence-corrected chi connectivity index (χ1v) is 14.0. The zero-order valence-electron chi connectivity index (χ0n) is 22.0. The summed E-state index contributed by atoms with van der Waals surface area (Å²) in [5, 5.41) is 31.4. The molecule has 8 N–H and O–H groups in total. The van der Waals surface area contributed by atoms with E-state index in [1.54, 1.807) is 44.2 Å². The van der Waals surface area contributed by atoms with Crippen LogP contribution < -0.4 is 26.4 Å². The lowest BCUT2D eigenvalue weighted by Crippen LogP contribution is -2.40. The van der Waals surface area contributed by atoms with Crippen LogP contribution in [-0.4, -0.2) is 73.7 Å². The number of ether oxygens (including phenoxy) is 1. The molecule has 15 nitrogen and oxygen atoms in total. The number of anilines is 1. The Bertz CT molecular complexity index is 1420. The molecule has 2 aromatic heterocycles. The molecular weight excluding hydrogens is 545 g/mol. The zero-order valence-corrected chi connectivity index (χ0v) is 22.9. The van der Waals surface area contributed by atoms with Crippen molar-refractivity contribution in [2.24, 2.45) is 5.73 Å². The average molecular weight is 578 g/mol. The minimum atomic E-state index is -4.23. The Balaban J connectivity index is 1.55. The largest absolute Gasteiger partial charge is 0.462 e. The first-order chi connectivity index (χ1) is 18.9. The van der Waals surface area contributed by atoms with Gasteiger partial charge in [-0.25, -0.2) is 14.1 Å². The molecular formula is C24H32N7O8P. The van der Waals surface area contributed by atoms with E-state index in [1.165, 1.54) is 23.8 Å². The molecule has 1 aliphatic heterocycles. The van der Waals surface area contributed by atoms with Crippen LogP contribution in [0.4, 0.5) is 5.82 Å². The Morgan fingerprint density at radius 1 is 1.20 bits per heavy atom. The third-order valence-corrected chi connectivity index (χ3v) is 7.79. The first kappa shape index (κ1) is 29.4. The maximum absolute atomic E-state index is 13.7. The molecule has 3 aromatic rings. The van der Waals surface area contributed by atoms with Gasteiger partial charge >= 0.3 is 13.7 Å². The van der Waals surface area contributed by atoms with Crippen molar-refractivity contribution in [1.29, 1.82) is 0 Å². The summed E-state index contributed by atoms with van der Waals surface area (Å²) in [5.74, 6) is -1.25. The summed E-state index contributed by atoms with van der Waals surface area (Å²) in [6.45, 7) is 4.38. The summed E-state index contributed by atoms with van der Waals surface area (Å²) >= 11 is 0. The number of hydrogen-bond acceptors (Lipinski definition) is 12. The van der Waals surface area contributed by atoms with Gasteiger partial charge < -0.3 is 30.9 Å². The van der Waals surface area contributed by atoms with Crippen molar-refractivity contribution in [3.8, 4) is 5.75 Å². The molecule has 0 bridgehead atoms. The van der Waals surface area contributed by atoms with Gasteiger partial charge in [0.05, 0.1) is 42.2 Å². The van der Waals surface area contributed by atoms with E-state index in [-0.39, 0.29) is 28.3 Å². The van der Waals surface area contributed by atoms with Crippen LogP contribution in [0.3, 0.4) is 0 Å². The Labute approximate surface area is 229 Å². The van der Waals surface area contributed by atoms with Crippen LogP contribution in [0.5, 0.6) is 5.75 Å². The third kappa shape index (κ3) is 6.25. The number of amides is 1. The molecule has 0 spiro atoms. The number of nitrogens with one attached hydrogen (secondary N) is 2. The number of nitrogens with two attached hydrogens (primary N) is 2. The Hall–Kier alpha value is -3.59. The molecule has 1 saturated heterocycles. The van der Waals surface area contributed by atoms with Crippen molar-refractivity contribution in [2.75, 3.05) is 12.3 Å². The predicted octanol–water partition coefficient (Wildman–Crippen LogP) is 0.279. The number of hydrogen-bond donors (Lipinski definition) is 6. The molecule has 1 aromatic carbocycles. The standard InChI is InChI=1S/C24H32N7O8P/c1-12(2)38-24(35)13(3)30-40(36,39-14-7-5-4-6-8-14)37-10-16-20(32)21(33)18(29-16)17-9-15(23(26)34)19-22(25)27-11-28-31(17)19/h4-9,11-13,16,18,20-21,29,32-33H,10H2,1-3H3,(H2,26,34)(H,30,36)(H2,25,27,28)/t13-,16+,18-,20+,21-,40?/m0/s1. The van der Waals surface area contributed by atoms with E-state index in [9.17, 15) is 24.4 Å².